The summed E-state index contributed by atoms with van der Waals surface area (Å²) in [6.45, 7) is 2.56. The minimum atomic E-state index is 0.402. The molecule has 1 aliphatic carbocycles. The van der Waals surface area contributed by atoms with E-state index >= 15 is 0 Å². The zero-order chi connectivity index (χ0) is 12.5. The second-order valence-corrected chi connectivity index (χ2v) is 4.58. The number of aryl methyl sites for hydroxylation is 2. The Hall–Kier alpha value is -1.89. The molecule has 0 amide bonds. The van der Waals surface area contributed by atoms with Crippen molar-refractivity contribution in [2.24, 2.45) is 7.05 Å². The summed E-state index contributed by atoms with van der Waals surface area (Å²) in [6.07, 6.45) is 4.36. The highest BCUT2D eigenvalue weighted by Gasteiger charge is 2.21. The summed E-state index contributed by atoms with van der Waals surface area (Å²) >= 11 is 0. The second kappa shape index (κ2) is 4.41. The molecule has 0 atom stereocenters. The molecule has 1 saturated carbocycles. The molecule has 0 bridgehead atoms. The lowest BCUT2D eigenvalue weighted by atomic mass is 10.4. The van der Waals surface area contributed by atoms with Crippen LogP contribution in [0.25, 0.3) is 0 Å². The summed E-state index contributed by atoms with van der Waals surface area (Å²) < 4.78 is 7.24. The molecule has 3 rings (SSSR count). The van der Waals surface area contributed by atoms with Crippen LogP contribution in [-0.4, -0.2) is 26.0 Å². The summed E-state index contributed by atoms with van der Waals surface area (Å²) in [7, 11) is 1.87. The molecule has 2 aromatic rings. The molecule has 7 heteroatoms. The van der Waals surface area contributed by atoms with Gasteiger partial charge in [-0.1, -0.05) is 5.10 Å². The van der Waals surface area contributed by atoms with Gasteiger partial charge in [0.1, 0.15) is 0 Å². The van der Waals surface area contributed by atoms with Crippen molar-refractivity contribution in [3.63, 3.8) is 0 Å². The van der Waals surface area contributed by atoms with Crippen LogP contribution in [0, 0.1) is 6.92 Å². The zero-order valence-corrected chi connectivity index (χ0v) is 10.5. The van der Waals surface area contributed by atoms with Crippen molar-refractivity contribution in [1.82, 2.24) is 25.3 Å². The van der Waals surface area contributed by atoms with Crippen molar-refractivity contribution in [2.75, 3.05) is 5.32 Å². The molecule has 96 valence electrons. The number of hydrogen-bond donors (Lipinski definition) is 2. The number of nitrogens with zero attached hydrogens (tertiary/aromatic N) is 4. The normalized spacial score (nSPS) is 15.0. The van der Waals surface area contributed by atoms with Gasteiger partial charge in [0, 0.05) is 19.3 Å². The maximum absolute atomic E-state index is 5.50. The average molecular weight is 248 g/mol. The fourth-order valence-corrected chi connectivity index (χ4v) is 1.73. The highest BCUT2D eigenvalue weighted by molar-refractivity contribution is 5.53. The zero-order valence-electron chi connectivity index (χ0n) is 10.5. The van der Waals surface area contributed by atoms with E-state index < -0.39 is 0 Å². The van der Waals surface area contributed by atoms with Crippen LogP contribution in [0.5, 0.6) is 0 Å². The summed E-state index contributed by atoms with van der Waals surface area (Å²) in [6, 6.07) is 1.03. The minimum Gasteiger partial charge on any atom is -0.406 e. The van der Waals surface area contributed by atoms with Crippen molar-refractivity contribution >= 4 is 11.7 Å². The van der Waals surface area contributed by atoms with E-state index in [-0.39, 0.29) is 0 Å². The van der Waals surface area contributed by atoms with E-state index in [0.29, 0.717) is 24.5 Å². The standard InChI is InChI=1S/C11H16N6O/c1-7-9(6-17(2)16-7)13-11-15-14-10(18-11)5-12-8-3-4-8/h6,8,12H,3-5H2,1-2H3,(H,13,15). The molecule has 1 fully saturated rings. The van der Waals surface area contributed by atoms with Gasteiger partial charge in [0.05, 0.1) is 17.9 Å². The predicted octanol–water partition coefficient (Wildman–Crippen LogP) is 1.11. The largest absolute Gasteiger partial charge is 0.406 e. The van der Waals surface area contributed by atoms with Crippen LogP contribution in [0.2, 0.25) is 0 Å². The number of aromatic nitrogens is 4. The van der Waals surface area contributed by atoms with E-state index in [0.717, 1.165) is 11.4 Å². The number of nitrogens with one attached hydrogen (secondary N) is 2. The molecule has 0 unspecified atom stereocenters. The summed E-state index contributed by atoms with van der Waals surface area (Å²) in [5.74, 6) is 0.603. The first-order valence-electron chi connectivity index (χ1n) is 6.04. The van der Waals surface area contributed by atoms with Crippen molar-refractivity contribution in [2.45, 2.75) is 32.4 Å². The predicted molar refractivity (Wildman–Crippen MR) is 65.4 cm³/mol. The molecule has 18 heavy (non-hydrogen) atoms. The fourth-order valence-electron chi connectivity index (χ4n) is 1.73. The number of hydrogen-bond acceptors (Lipinski definition) is 6. The van der Waals surface area contributed by atoms with Crippen molar-refractivity contribution in [3.8, 4) is 0 Å². The third kappa shape index (κ3) is 2.51. The third-order valence-electron chi connectivity index (χ3n) is 2.84. The summed E-state index contributed by atoms with van der Waals surface area (Å²) in [5, 5.41) is 18.6. The minimum absolute atomic E-state index is 0.402. The Kier molecular flexibility index (Phi) is 2.75. The second-order valence-electron chi connectivity index (χ2n) is 4.58. The molecular weight excluding hydrogens is 232 g/mol. The van der Waals surface area contributed by atoms with Gasteiger partial charge in [-0.2, -0.15) is 5.10 Å². The highest BCUT2D eigenvalue weighted by Crippen LogP contribution is 2.20. The molecular formula is C11H16N6O. The quantitative estimate of drug-likeness (QED) is 0.825. The molecule has 2 N–H and O–H groups in total. The highest BCUT2D eigenvalue weighted by atomic mass is 16.4. The monoisotopic (exact) mass is 248 g/mol. The topological polar surface area (TPSA) is 80.8 Å². The van der Waals surface area contributed by atoms with Crippen LogP contribution in [0.4, 0.5) is 11.7 Å². The fraction of sp³-hybridized carbons (Fsp3) is 0.545. The van der Waals surface area contributed by atoms with Crippen LogP contribution in [0.15, 0.2) is 10.6 Å². The Bertz CT molecular complexity index is 541. The van der Waals surface area contributed by atoms with Crippen LogP contribution in [0.3, 0.4) is 0 Å². The Labute approximate surface area is 105 Å². The smallest absolute Gasteiger partial charge is 0.320 e. The van der Waals surface area contributed by atoms with Crippen molar-refractivity contribution in [3.05, 3.63) is 17.8 Å². The van der Waals surface area contributed by atoms with Crippen LogP contribution < -0.4 is 10.6 Å². The molecule has 1 aliphatic rings. The first kappa shape index (κ1) is 11.2. The molecule has 2 aromatic heterocycles. The van der Waals surface area contributed by atoms with Crippen LogP contribution in [-0.2, 0) is 13.6 Å². The SMILES string of the molecule is Cc1nn(C)cc1Nc1nnc(CNC2CC2)o1. The lowest BCUT2D eigenvalue weighted by Crippen LogP contribution is -2.15. The van der Waals surface area contributed by atoms with Crippen LogP contribution >= 0.6 is 0 Å². The maximum atomic E-state index is 5.50. The van der Waals surface area contributed by atoms with Gasteiger partial charge in [-0.3, -0.25) is 4.68 Å². The van der Waals surface area contributed by atoms with Crippen molar-refractivity contribution in [1.29, 1.82) is 0 Å². The summed E-state index contributed by atoms with van der Waals surface area (Å²) in [5.41, 5.74) is 1.77. The van der Waals surface area contributed by atoms with E-state index in [9.17, 15) is 0 Å². The van der Waals surface area contributed by atoms with E-state index in [1.54, 1.807) is 4.68 Å². The van der Waals surface area contributed by atoms with E-state index in [1.807, 2.05) is 20.2 Å². The Balaban J connectivity index is 1.63. The third-order valence-corrected chi connectivity index (χ3v) is 2.84. The van der Waals surface area contributed by atoms with Gasteiger partial charge in [-0.25, -0.2) is 0 Å². The molecule has 0 aromatic carbocycles. The van der Waals surface area contributed by atoms with Crippen molar-refractivity contribution < 1.29 is 4.42 Å². The lowest BCUT2D eigenvalue weighted by molar-refractivity contribution is 0.478. The molecule has 0 spiro atoms. The Morgan fingerprint density at radius 3 is 2.94 bits per heavy atom. The number of anilines is 2. The maximum Gasteiger partial charge on any atom is 0.320 e. The molecule has 0 aliphatic heterocycles. The number of rotatable bonds is 5. The summed E-state index contributed by atoms with van der Waals surface area (Å²) in [4.78, 5) is 0. The molecule has 7 nitrogen and oxygen atoms in total. The molecule has 2 heterocycles. The van der Waals surface area contributed by atoms with Gasteiger partial charge >= 0.3 is 6.01 Å². The first-order valence-corrected chi connectivity index (χ1v) is 6.04. The first-order chi connectivity index (χ1) is 8.70. The molecule has 0 saturated heterocycles. The van der Waals surface area contributed by atoms with Gasteiger partial charge in [-0.05, 0) is 19.8 Å². The van der Waals surface area contributed by atoms with Gasteiger partial charge in [0.15, 0.2) is 0 Å². The van der Waals surface area contributed by atoms with E-state index in [1.165, 1.54) is 12.8 Å². The van der Waals surface area contributed by atoms with Gasteiger partial charge in [0.25, 0.3) is 0 Å². The Morgan fingerprint density at radius 1 is 1.44 bits per heavy atom. The van der Waals surface area contributed by atoms with E-state index in [4.69, 9.17) is 4.42 Å². The molecule has 0 radical (unpaired) electrons. The van der Waals surface area contributed by atoms with Gasteiger partial charge < -0.3 is 15.1 Å². The Morgan fingerprint density at radius 2 is 2.28 bits per heavy atom. The van der Waals surface area contributed by atoms with Crippen LogP contribution in [0.1, 0.15) is 24.4 Å². The van der Waals surface area contributed by atoms with E-state index in [2.05, 4.69) is 25.9 Å². The lowest BCUT2D eigenvalue weighted by Gasteiger charge is -1.98. The van der Waals surface area contributed by atoms with Gasteiger partial charge in [0.2, 0.25) is 5.89 Å². The van der Waals surface area contributed by atoms with Gasteiger partial charge in [-0.15, -0.1) is 5.10 Å². The average Bonchev–Trinajstić information content (AvgIpc) is 2.97.